The topological polar surface area (TPSA) is 27.0 Å². The van der Waals surface area contributed by atoms with Crippen LogP contribution in [0.15, 0.2) is 0 Å². The summed E-state index contributed by atoms with van der Waals surface area (Å²) in [4.78, 5) is 2.53. The van der Waals surface area contributed by atoms with Crippen molar-refractivity contribution < 1.29 is 0 Å². The number of nitriles is 1. The highest BCUT2D eigenvalue weighted by atomic mass is 32.2. The van der Waals surface area contributed by atoms with Gasteiger partial charge in [-0.05, 0) is 43.4 Å². The first-order valence-corrected chi connectivity index (χ1v) is 7.77. The predicted octanol–water partition coefficient (Wildman–Crippen LogP) is 3.29. The second-order valence-electron chi connectivity index (χ2n) is 6.32. The Labute approximate surface area is 110 Å². The van der Waals surface area contributed by atoms with Crippen LogP contribution in [-0.2, 0) is 0 Å². The van der Waals surface area contributed by atoms with Crippen molar-refractivity contribution in [2.24, 2.45) is 5.41 Å². The minimum absolute atomic E-state index is 0.455. The zero-order chi connectivity index (χ0) is 12.4. The molecule has 0 saturated carbocycles. The number of hydrogen-bond donors (Lipinski definition) is 0. The van der Waals surface area contributed by atoms with Crippen molar-refractivity contribution in [3.63, 3.8) is 0 Å². The molecule has 0 N–H and O–H groups in total. The first kappa shape index (κ1) is 13.2. The van der Waals surface area contributed by atoms with E-state index in [-0.39, 0.29) is 0 Å². The molecule has 2 aliphatic heterocycles. The summed E-state index contributed by atoms with van der Waals surface area (Å²) in [6.07, 6.45) is 6.15. The fourth-order valence-electron chi connectivity index (χ4n) is 3.64. The van der Waals surface area contributed by atoms with E-state index < -0.39 is 0 Å². The van der Waals surface area contributed by atoms with Crippen LogP contribution >= 0.6 is 11.8 Å². The third kappa shape index (κ3) is 3.39. The second kappa shape index (κ2) is 5.20. The summed E-state index contributed by atoms with van der Waals surface area (Å²) in [7, 11) is 0. The lowest BCUT2D eigenvalue weighted by Gasteiger charge is -2.49. The molecule has 96 valence electrons. The maximum Gasteiger partial charge on any atom is 0.0635 e. The molecule has 0 aromatic carbocycles. The van der Waals surface area contributed by atoms with Crippen LogP contribution in [0, 0.1) is 16.7 Å². The SMILES string of the molecule is CC1(C)CC2(CCCN(CCC#N)C2)CCS1. The van der Waals surface area contributed by atoms with Crippen LogP contribution in [-0.4, -0.2) is 35.0 Å². The third-order valence-corrected chi connectivity index (χ3v) is 5.54. The normalized spacial score (nSPS) is 33.5. The first-order chi connectivity index (χ1) is 8.05. The Morgan fingerprint density at radius 2 is 2.18 bits per heavy atom. The van der Waals surface area contributed by atoms with E-state index in [1.807, 2.05) is 0 Å². The molecule has 17 heavy (non-hydrogen) atoms. The van der Waals surface area contributed by atoms with Crippen LogP contribution in [0.25, 0.3) is 0 Å². The molecule has 0 aromatic rings. The highest BCUT2D eigenvalue weighted by molar-refractivity contribution is 8.00. The van der Waals surface area contributed by atoms with E-state index in [2.05, 4.69) is 36.6 Å². The molecule has 0 aromatic heterocycles. The molecular formula is C14H24N2S. The lowest BCUT2D eigenvalue weighted by atomic mass is 9.71. The van der Waals surface area contributed by atoms with Gasteiger partial charge in [-0.3, -0.25) is 0 Å². The highest BCUT2D eigenvalue weighted by Crippen LogP contribution is 2.49. The van der Waals surface area contributed by atoms with E-state index in [1.165, 1.54) is 44.5 Å². The van der Waals surface area contributed by atoms with Crippen molar-refractivity contribution in [3.8, 4) is 6.07 Å². The molecule has 2 saturated heterocycles. The van der Waals surface area contributed by atoms with Gasteiger partial charge in [0, 0.05) is 24.3 Å². The van der Waals surface area contributed by atoms with Crippen molar-refractivity contribution in [2.45, 2.75) is 50.7 Å². The van der Waals surface area contributed by atoms with Gasteiger partial charge in [0.1, 0.15) is 0 Å². The molecule has 0 bridgehead atoms. The Kier molecular flexibility index (Phi) is 4.05. The number of hydrogen-bond acceptors (Lipinski definition) is 3. The van der Waals surface area contributed by atoms with Gasteiger partial charge in [0.25, 0.3) is 0 Å². The van der Waals surface area contributed by atoms with E-state index >= 15 is 0 Å². The predicted molar refractivity (Wildman–Crippen MR) is 74.1 cm³/mol. The number of nitrogens with zero attached hydrogens (tertiary/aromatic N) is 2. The molecular weight excluding hydrogens is 228 g/mol. The maximum atomic E-state index is 8.70. The van der Waals surface area contributed by atoms with Gasteiger partial charge in [-0.25, -0.2) is 0 Å². The van der Waals surface area contributed by atoms with Crippen LogP contribution in [0.1, 0.15) is 46.0 Å². The van der Waals surface area contributed by atoms with Gasteiger partial charge in [0.05, 0.1) is 6.07 Å². The monoisotopic (exact) mass is 252 g/mol. The molecule has 2 nitrogen and oxygen atoms in total. The summed E-state index contributed by atoms with van der Waals surface area (Å²) in [5.74, 6) is 1.32. The molecule has 0 radical (unpaired) electrons. The molecule has 0 amide bonds. The van der Waals surface area contributed by atoms with Crippen LogP contribution in [0.2, 0.25) is 0 Å². The fraction of sp³-hybridized carbons (Fsp3) is 0.929. The lowest BCUT2D eigenvalue weighted by molar-refractivity contribution is 0.0677. The van der Waals surface area contributed by atoms with Gasteiger partial charge in [0.15, 0.2) is 0 Å². The van der Waals surface area contributed by atoms with Gasteiger partial charge in [-0.1, -0.05) is 13.8 Å². The smallest absolute Gasteiger partial charge is 0.0635 e. The summed E-state index contributed by atoms with van der Waals surface area (Å²) >= 11 is 2.14. The molecule has 1 unspecified atom stereocenters. The minimum atomic E-state index is 0.455. The van der Waals surface area contributed by atoms with Crippen LogP contribution in [0.3, 0.4) is 0 Å². The van der Waals surface area contributed by atoms with E-state index in [0.29, 0.717) is 16.6 Å². The quantitative estimate of drug-likeness (QED) is 0.754. The van der Waals surface area contributed by atoms with Gasteiger partial charge in [0.2, 0.25) is 0 Å². The van der Waals surface area contributed by atoms with Gasteiger partial charge in [-0.2, -0.15) is 17.0 Å². The van der Waals surface area contributed by atoms with Crippen LogP contribution in [0.5, 0.6) is 0 Å². The summed E-state index contributed by atoms with van der Waals surface area (Å²) in [5.41, 5.74) is 0.558. The molecule has 1 atom stereocenters. The number of rotatable bonds is 2. The van der Waals surface area contributed by atoms with Crippen molar-refractivity contribution >= 4 is 11.8 Å². The third-order valence-electron chi connectivity index (χ3n) is 4.21. The molecule has 2 aliphatic rings. The fourth-order valence-corrected chi connectivity index (χ4v) is 5.14. The zero-order valence-electron chi connectivity index (χ0n) is 11.2. The number of likely N-dealkylation sites (tertiary alicyclic amines) is 1. The molecule has 3 heteroatoms. The summed E-state index contributed by atoms with van der Waals surface area (Å²) in [6.45, 7) is 8.21. The Bertz CT molecular complexity index is 304. The Morgan fingerprint density at radius 1 is 1.35 bits per heavy atom. The van der Waals surface area contributed by atoms with Gasteiger partial charge in [-0.15, -0.1) is 0 Å². The Balaban J connectivity index is 1.97. The molecule has 2 rings (SSSR count). The Hall–Kier alpha value is -0.200. The molecule has 2 fully saturated rings. The largest absolute Gasteiger partial charge is 0.302 e. The van der Waals surface area contributed by atoms with Crippen molar-refractivity contribution in [1.29, 1.82) is 5.26 Å². The van der Waals surface area contributed by atoms with Crippen molar-refractivity contribution in [2.75, 3.05) is 25.4 Å². The molecule has 1 spiro atoms. The average molecular weight is 252 g/mol. The summed E-state index contributed by atoms with van der Waals surface area (Å²) in [6, 6.07) is 2.28. The molecule has 2 heterocycles. The standard InChI is InChI=1S/C14H24N2S/c1-13(2)11-14(6-10-17-13)5-3-8-16(12-14)9-4-7-15/h3-6,8-12H2,1-2H3. The summed E-state index contributed by atoms with van der Waals surface area (Å²) < 4.78 is 0.455. The van der Waals surface area contributed by atoms with Crippen molar-refractivity contribution in [1.82, 2.24) is 4.90 Å². The van der Waals surface area contributed by atoms with Crippen LogP contribution in [0.4, 0.5) is 0 Å². The van der Waals surface area contributed by atoms with Crippen molar-refractivity contribution in [3.05, 3.63) is 0 Å². The van der Waals surface area contributed by atoms with E-state index in [1.54, 1.807) is 0 Å². The van der Waals surface area contributed by atoms with Gasteiger partial charge >= 0.3 is 0 Å². The van der Waals surface area contributed by atoms with E-state index in [9.17, 15) is 0 Å². The summed E-state index contributed by atoms with van der Waals surface area (Å²) in [5, 5.41) is 8.70. The highest BCUT2D eigenvalue weighted by Gasteiger charge is 2.42. The maximum absolute atomic E-state index is 8.70. The number of thioether (sulfide) groups is 1. The van der Waals surface area contributed by atoms with Crippen LogP contribution < -0.4 is 0 Å². The average Bonchev–Trinajstić information content (AvgIpc) is 2.25. The minimum Gasteiger partial charge on any atom is -0.302 e. The van der Waals surface area contributed by atoms with E-state index in [0.717, 1.165) is 6.54 Å². The first-order valence-electron chi connectivity index (χ1n) is 6.79. The second-order valence-corrected chi connectivity index (χ2v) is 8.12. The van der Waals surface area contributed by atoms with Gasteiger partial charge < -0.3 is 4.90 Å². The Morgan fingerprint density at radius 3 is 2.88 bits per heavy atom. The number of piperidine rings is 1. The zero-order valence-corrected chi connectivity index (χ0v) is 12.0. The lowest BCUT2D eigenvalue weighted by Crippen LogP contribution is -2.48. The molecule has 0 aliphatic carbocycles. The van der Waals surface area contributed by atoms with E-state index in [4.69, 9.17) is 5.26 Å².